The second kappa shape index (κ2) is 15.4. The van der Waals surface area contributed by atoms with Crippen molar-refractivity contribution in [2.24, 2.45) is 0 Å². The number of aryl methyl sites for hydroxylation is 1. The molecule has 1 aliphatic rings. The molecule has 0 bridgehead atoms. The average Bonchev–Trinajstić information content (AvgIpc) is 2.59. The van der Waals surface area contributed by atoms with Gasteiger partial charge in [-0.3, -0.25) is 0 Å². The standard InChI is InChI=1S/C14H21FN2.C3H8.2C2H6/c1-11-4-5-14(13(15)10-11)17-8-6-12(7-9-17)16(2)3;1-3-2;2*1-2/h4-5,10,12H,6-9H2,1-3H3;3H2,1-2H3;2*1-2H3. The van der Waals surface area contributed by atoms with Crippen molar-refractivity contribution in [3.63, 3.8) is 0 Å². The van der Waals surface area contributed by atoms with Gasteiger partial charge in [-0.2, -0.15) is 0 Å². The minimum absolute atomic E-state index is 0.0895. The number of rotatable bonds is 2. The van der Waals surface area contributed by atoms with Crippen molar-refractivity contribution in [3.8, 4) is 0 Å². The lowest BCUT2D eigenvalue weighted by atomic mass is 10.0. The van der Waals surface area contributed by atoms with Crippen LogP contribution in [0.2, 0.25) is 0 Å². The van der Waals surface area contributed by atoms with Crippen LogP contribution in [0.3, 0.4) is 0 Å². The molecule has 1 heterocycles. The first kappa shape index (κ1) is 25.2. The molecule has 0 amide bonds. The maximum atomic E-state index is 13.8. The molecule has 142 valence electrons. The summed E-state index contributed by atoms with van der Waals surface area (Å²) in [5, 5.41) is 0. The van der Waals surface area contributed by atoms with Crippen LogP contribution in [0, 0.1) is 12.7 Å². The van der Waals surface area contributed by atoms with Crippen molar-refractivity contribution in [2.45, 2.75) is 73.8 Å². The Morgan fingerprint density at radius 3 is 1.88 bits per heavy atom. The summed E-state index contributed by atoms with van der Waals surface area (Å²) < 4.78 is 13.8. The minimum Gasteiger partial charge on any atom is -0.369 e. The Kier molecular flexibility index (Phi) is 16.2. The van der Waals surface area contributed by atoms with Crippen molar-refractivity contribution in [2.75, 3.05) is 32.1 Å². The summed E-state index contributed by atoms with van der Waals surface area (Å²) in [6, 6.07) is 6.14. The van der Waals surface area contributed by atoms with Gasteiger partial charge in [-0.05, 0) is 51.6 Å². The van der Waals surface area contributed by atoms with E-state index in [2.05, 4.69) is 37.7 Å². The van der Waals surface area contributed by atoms with E-state index in [1.165, 1.54) is 6.42 Å². The first-order valence-electron chi connectivity index (χ1n) is 9.67. The van der Waals surface area contributed by atoms with Gasteiger partial charge in [0.05, 0.1) is 5.69 Å². The largest absolute Gasteiger partial charge is 0.369 e. The molecule has 0 unspecified atom stereocenters. The van der Waals surface area contributed by atoms with Gasteiger partial charge in [0, 0.05) is 19.1 Å². The topological polar surface area (TPSA) is 6.48 Å². The second-order valence-electron chi connectivity index (χ2n) is 5.84. The zero-order valence-electron chi connectivity index (χ0n) is 17.6. The van der Waals surface area contributed by atoms with Crippen molar-refractivity contribution in [1.29, 1.82) is 0 Å². The van der Waals surface area contributed by atoms with Gasteiger partial charge in [0.2, 0.25) is 0 Å². The summed E-state index contributed by atoms with van der Waals surface area (Å²) in [4.78, 5) is 4.43. The van der Waals surface area contributed by atoms with Gasteiger partial charge >= 0.3 is 0 Å². The van der Waals surface area contributed by atoms with Crippen molar-refractivity contribution in [1.82, 2.24) is 4.90 Å². The fourth-order valence-electron chi connectivity index (χ4n) is 2.49. The summed E-state index contributed by atoms with van der Waals surface area (Å²) in [6.45, 7) is 16.1. The molecule has 1 aromatic rings. The van der Waals surface area contributed by atoms with Gasteiger partial charge in [0.25, 0.3) is 0 Å². The molecule has 1 fully saturated rings. The third kappa shape index (κ3) is 9.27. The molecule has 1 saturated heterocycles. The molecular weight excluding hydrogens is 299 g/mol. The Morgan fingerprint density at radius 1 is 1.04 bits per heavy atom. The van der Waals surface area contributed by atoms with Crippen LogP contribution in [0.5, 0.6) is 0 Å². The van der Waals surface area contributed by atoms with Crippen LogP contribution in [0.4, 0.5) is 10.1 Å². The summed E-state index contributed by atoms with van der Waals surface area (Å²) in [6.07, 6.45) is 3.47. The lowest BCUT2D eigenvalue weighted by Gasteiger charge is -2.36. The van der Waals surface area contributed by atoms with Gasteiger partial charge in [-0.1, -0.05) is 54.0 Å². The van der Waals surface area contributed by atoms with Gasteiger partial charge < -0.3 is 9.80 Å². The number of anilines is 1. The lowest BCUT2D eigenvalue weighted by molar-refractivity contribution is 0.249. The molecule has 2 nitrogen and oxygen atoms in total. The van der Waals surface area contributed by atoms with E-state index in [4.69, 9.17) is 0 Å². The Hall–Kier alpha value is -1.09. The molecule has 0 aromatic heterocycles. The van der Waals surface area contributed by atoms with Crippen molar-refractivity contribution < 1.29 is 4.39 Å². The molecule has 0 atom stereocenters. The highest BCUT2D eigenvalue weighted by atomic mass is 19.1. The smallest absolute Gasteiger partial charge is 0.146 e. The predicted octanol–water partition coefficient (Wildman–Crippen LogP) is 6.13. The highest BCUT2D eigenvalue weighted by Crippen LogP contribution is 2.25. The maximum Gasteiger partial charge on any atom is 0.146 e. The minimum atomic E-state index is -0.0895. The Balaban J connectivity index is 0. The number of benzene rings is 1. The van der Waals surface area contributed by atoms with E-state index in [1.807, 2.05) is 46.8 Å². The number of nitrogens with zero attached hydrogens (tertiary/aromatic N) is 2. The quantitative estimate of drug-likeness (QED) is 0.638. The van der Waals surface area contributed by atoms with Crippen LogP contribution in [0.15, 0.2) is 18.2 Å². The van der Waals surface area contributed by atoms with Gasteiger partial charge in [-0.15, -0.1) is 0 Å². The summed E-state index contributed by atoms with van der Waals surface area (Å²) in [7, 11) is 4.24. The highest BCUT2D eigenvalue weighted by Gasteiger charge is 2.22. The molecule has 0 radical (unpaired) electrons. The number of hydrogen-bond acceptors (Lipinski definition) is 2. The average molecular weight is 341 g/mol. The van der Waals surface area contributed by atoms with Crippen LogP contribution < -0.4 is 4.90 Å². The molecule has 24 heavy (non-hydrogen) atoms. The van der Waals surface area contributed by atoms with Crippen LogP contribution in [-0.2, 0) is 0 Å². The zero-order valence-corrected chi connectivity index (χ0v) is 17.6. The van der Waals surface area contributed by atoms with Gasteiger partial charge in [-0.25, -0.2) is 4.39 Å². The highest BCUT2D eigenvalue weighted by molar-refractivity contribution is 5.49. The van der Waals surface area contributed by atoms with E-state index < -0.39 is 0 Å². The van der Waals surface area contributed by atoms with Crippen LogP contribution >= 0.6 is 0 Å². The van der Waals surface area contributed by atoms with E-state index in [-0.39, 0.29) is 5.82 Å². The first-order chi connectivity index (χ1) is 11.5. The maximum absolute atomic E-state index is 13.8. The molecule has 0 saturated carbocycles. The zero-order chi connectivity index (χ0) is 19.1. The van der Waals surface area contributed by atoms with E-state index in [9.17, 15) is 4.39 Å². The summed E-state index contributed by atoms with van der Waals surface area (Å²) >= 11 is 0. The van der Waals surface area contributed by atoms with E-state index in [0.29, 0.717) is 6.04 Å². The predicted molar refractivity (Wildman–Crippen MR) is 109 cm³/mol. The molecule has 3 heteroatoms. The molecule has 1 aromatic carbocycles. The molecule has 0 spiro atoms. The summed E-state index contributed by atoms with van der Waals surface area (Å²) in [5.41, 5.74) is 1.74. The Labute approximate surface area is 151 Å². The third-order valence-corrected chi connectivity index (χ3v) is 3.64. The van der Waals surface area contributed by atoms with Crippen LogP contribution in [0.25, 0.3) is 0 Å². The van der Waals surface area contributed by atoms with Crippen LogP contribution in [-0.4, -0.2) is 38.1 Å². The second-order valence-corrected chi connectivity index (χ2v) is 5.84. The van der Waals surface area contributed by atoms with Gasteiger partial charge in [0.1, 0.15) is 5.82 Å². The molecule has 2 rings (SSSR count). The van der Waals surface area contributed by atoms with Gasteiger partial charge in [0.15, 0.2) is 0 Å². The lowest BCUT2D eigenvalue weighted by Crippen LogP contribution is -2.42. The SMILES string of the molecule is CC.CC.CCC.Cc1ccc(N2CCC(N(C)C)CC2)c(F)c1. The van der Waals surface area contributed by atoms with E-state index >= 15 is 0 Å². The molecule has 0 aliphatic carbocycles. The summed E-state index contributed by atoms with van der Waals surface area (Å²) in [5.74, 6) is -0.0895. The number of hydrogen-bond donors (Lipinski definition) is 0. The van der Waals surface area contributed by atoms with Crippen molar-refractivity contribution in [3.05, 3.63) is 29.6 Å². The molecule has 1 aliphatic heterocycles. The Morgan fingerprint density at radius 2 is 1.50 bits per heavy atom. The van der Waals surface area contributed by atoms with E-state index in [1.54, 1.807) is 6.07 Å². The number of piperidine rings is 1. The van der Waals surface area contributed by atoms with Crippen LogP contribution in [0.1, 0.15) is 66.4 Å². The Bertz CT molecular complexity index is 397. The molecule has 0 N–H and O–H groups in total. The fourth-order valence-corrected chi connectivity index (χ4v) is 2.49. The fraction of sp³-hybridized carbons (Fsp3) is 0.714. The third-order valence-electron chi connectivity index (χ3n) is 3.64. The normalized spacial score (nSPS) is 13.9. The van der Waals surface area contributed by atoms with Crippen molar-refractivity contribution >= 4 is 5.69 Å². The molecular formula is C21H41FN2. The first-order valence-corrected chi connectivity index (χ1v) is 9.67. The number of halogens is 1. The van der Waals surface area contributed by atoms with E-state index in [0.717, 1.165) is 37.2 Å². The monoisotopic (exact) mass is 340 g/mol.